The first kappa shape index (κ1) is 42.9. The van der Waals surface area contributed by atoms with E-state index in [2.05, 4.69) is 12.2 Å². The largest absolute Gasteiger partial charge is 0.481 e. The summed E-state index contributed by atoms with van der Waals surface area (Å²) in [6.07, 6.45) is 27.3. The van der Waals surface area contributed by atoms with E-state index in [1.807, 2.05) is 18.2 Å². The Kier molecular flexibility index (Phi) is 24.4. The van der Waals surface area contributed by atoms with Gasteiger partial charge in [0.2, 0.25) is 5.91 Å². The van der Waals surface area contributed by atoms with Gasteiger partial charge < -0.3 is 10.4 Å². The van der Waals surface area contributed by atoms with Gasteiger partial charge in [0.15, 0.2) is 11.6 Å². The highest BCUT2D eigenvalue weighted by molar-refractivity contribution is 6.09. The van der Waals surface area contributed by atoms with Gasteiger partial charge in [-0.2, -0.15) is 0 Å². The summed E-state index contributed by atoms with van der Waals surface area (Å²) >= 11 is 0. The molecule has 50 heavy (non-hydrogen) atoms. The van der Waals surface area contributed by atoms with E-state index < -0.39 is 11.9 Å². The molecule has 0 aliphatic rings. The molecule has 0 fully saturated rings. The third kappa shape index (κ3) is 20.4. The fourth-order valence-electron chi connectivity index (χ4n) is 6.66. The highest BCUT2D eigenvalue weighted by Crippen LogP contribution is 2.18. The predicted octanol–water partition coefficient (Wildman–Crippen LogP) is 11.7. The molecular weight excluding hydrogens is 622 g/mol. The molecule has 1 amide bonds. The molecule has 0 aliphatic carbocycles. The van der Waals surface area contributed by atoms with Crippen molar-refractivity contribution in [3.8, 4) is 0 Å². The molecule has 1 unspecified atom stereocenters. The minimum Gasteiger partial charge on any atom is -0.481 e. The number of rotatable bonds is 32. The molecule has 2 aromatic carbocycles. The molecule has 6 nitrogen and oxygen atoms in total. The molecule has 0 spiro atoms. The first-order valence-electron chi connectivity index (χ1n) is 20.1. The number of ketones is 2. The van der Waals surface area contributed by atoms with Crippen LogP contribution in [-0.4, -0.2) is 35.1 Å². The zero-order chi connectivity index (χ0) is 36.1. The van der Waals surface area contributed by atoms with Crippen LogP contribution in [0.25, 0.3) is 0 Å². The summed E-state index contributed by atoms with van der Waals surface area (Å²) < 4.78 is 0. The number of carboxylic acids is 1. The number of nitrogens with one attached hydrogen (secondary N) is 1. The van der Waals surface area contributed by atoms with Crippen LogP contribution in [0, 0.1) is 5.92 Å². The Labute approximate surface area is 303 Å². The Hall–Kier alpha value is -3.28. The molecule has 0 aliphatic heterocycles. The number of unbranched alkanes of at least 4 members (excludes halogenated alkanes) is 20. The lowest BCUT2D eigenvalue weighted by atomic mass is 9.96. The number of amides is 1. The van der Waals surface area contributed by atoms with Crippen LogP contribution in [0.2, 0.25) is 0 Å². The van der Waals surface area contributed by atoms with E-state index in [0.29, 0.717) is 36.1 Å². The van der Waals surface area contributed by atoms with E-state index in [0.717, 1.165) is 51.4 Å². The zero-order valence-electron chi connectivity index (χ0n) is 31.2. The maximum absolute atomic E-state index is 12.7. The molecule has 1 atom stereocenters. The Bertz CT molecular complexity index is 1190. The number of hydrogen-bond donors (Lipinski definition) is 2. The summed E-state index contributed by atoms with van der Waals surface area (Å²) in [6, 6.07) is 16.2. The smallest absolute Gasteiger partial charge is 0.304 e. The molecule has 0 saturated heterocycles. The summed E-state index contributed by atoms with van der Waals surface area (Å²) in [7, 11) is 0. The molecule has 0 bridgehead atoms. The van der Waals surface area contributed by atoms with Crippen LogP contribution >= 0.6 is 0 Å². The first-order valence-corrected chi connectivity index (χ1v) is 20.1. The van der Waals surface area contributed by atoms with Crippen molar-refractivity contribution in [2.45, 2.75) is 167 Å². The molecule has 2 rings (SSSR count). The van der Waals surface area contributed by atoms with Crippen molar-refractivity contribution in [2.24, 2.45) is 5.92 Å². The SMILES string of the molecule is CCCCCCCCCCCCCCC(CC(=O)O)C(=O)NCCCCCCCCCCCCC(=O)c1ccc(C(=O)c2ccccc2)cc1. The van der Waals surface area contributed by atoms with Crippen LogP contribution < -0.4 is 5.32 Å². The second-order valence-electron chi connectivity index (χ2n) is 14.2. The lowest BCUT2D eigenvalue weighted by Gasteiger charge is -2.15. The lowest BCUT2D eigenvalue weighted by Crippen LogP contribution is -2.32. The van der Waals surface area contributed by atoms with E-state index in [-0.39, 0.29) is 23.9 Å². The van der Waals surface area contributed by atoms with Crippen molar-refractivity contribution in [1.82, 2.24) is 5.32 Å². The average Bonchev–Trinajstić information content (AvgIpc) is 3.13. The third-order valence-electron chi connectivity index (χ3n) is 9.83. The Morgan fingerprint density at radius 2 is 0.980 bits per heavy atom. The number of benzene rings is 2. The monoisotopic (exact) mass is 690 g/mol. The standard InChI is InChI=1S/C44H67NO5/c1-2-3-4-5-6-7-8-9-12-15-18-22-29-40(36-42(47)48)44(50)45-35-26-20-17-14-11-10-13-16-19-25-30-41(46)37-31-33-39(34-32-37)43(49)38-27-23-21-24-28-38/h21,23-24,27-28,31-34,40H,2-20,22,25-26,29-30,35-36H2,1H3,(H,45,50)(H,47,48). The lowest BCUT2D eigenvalue weighted by molar-refractivity contribution is -0.141. The average molecular weight is 690 g/mol. The highest BCUT2D eigenvalue weighted by atomic mass is 16.4. The minimum absolute atomic E-state index is 0.0312. The van der Waals surface area contributed by atoms with Crippen LogP contribution in [0.3, 0.4) is 0 Å². The van der Waals surface area contributed by atoms with Gasteiger partial charge in [-0.3, -0.25) is 19.2 Å². The summed E-state index contributed by atoms with van der Waals surface area (Å²) in [5.41, 5.74) is 1.92. The van der Waals surface area contributed by atoms with Crippen molar-refractivity contribution in [3.63, 3.8) is 0 Å². The van der Waals surface area contributed by atoms with E-state index in [1.165, 1.54) is 89.9 Å². The fourth-order valence-corrected chi connectivity index (χ4v) is 6.66. The van der Waals surface area contributed by atoms with Crippen molar-refractivity contribution >= 4 is 23.4 Å². The quantitative estimate of drug-likeness (QED) is 0.0588. The van der Waals surface area contributed by atoms with Gasteiger partial charge in [-0.05, 0) is 19.3 Å². The summed E-state index contributed by atoms with van der Waals surface area (Å²) in [4.78, 5) is 49.2. The fraction of sp³-hybridized carbons (Fsp3) is 0.636. The normalized spacial score (nSPS) is 11.7. The minimum atomic E-state index is -0.891. The number of hydrogen-bond acceptors (Lipinski definition) is 4. The maximum Gasteiger partial charge on any atom is 0.304 e. The topological polar surface area (TPSA) is 101 Å². The van der Waals surface area contributed by atoms with E-state index in [1.54, 1.807) is 36.4 Å². The first-order chi connectivity index (χ1) is 24.4. The van der Waals surface area contributed by atoms with Crippen LogP contribution in [-0.2, 0) is 9.59 Å². The van der Waals surface area contributed by atoms with E-state index in [4.69, 9.17) is 0 Å². The number of carboxylic acid groups (broad SMARTS) is 1. The maximum atomic E-state index is 12.7. The van der Waals surface area contributed by atoms with Crippen LogP contribution in [0.15, 0.2) is 54.6 Å². The van der Waals surface area contributed by atoms with Gasteiger partial charge in [-0.25, -0.2) is 0 Å². The molecular formula is C44H67NO5. The van der Waals surface area contributed by atoms with Gasteiger partial charge in [0.25, 0.3) is 0 Å². The number of aliphatic carboxylic acids is 1. The third-order valence-corrected chi connectivity index (χ3v) is 9.83. The van der Waals surface area contributed by atoms with Crippen molar-refractivity contribution in [3.05, 3.63) is 71.3 Å². The second-order valence-corrected chi connectivity index (χ2v) is 14.2. The molecule has 0 radical (unpaired) electrons. The van der Waals surface area contributed by atoms with Crippen LogP contribution in [0.5, 0.6) is 0 Å². The highest BCUT2D eigenvalue weighted by Gasteiger charge is 2.21. The second kappa shape index (κ2) is 28.4. The van der Waals surface area contributed by atoms with Crippen molar-refractivity contribution < 1.29 is 24.3 Å². The van der Waals surface area contributed by atoms with Gasteiger partial charge in [-0.15, -0.1) is 0 Å². The number of carbonyl (C=O) groups excluding carboxylic acids is 3. The summed E-state index contributed by atoms with van der Waals surface area (Å²) in [5.74, 6) is -1.30. The van der Waals surface area contributed by atoms with Crippen LogP contribution in [0.4, 0.5) is 0 Å². The van der Waals surface area contributed by atoms with Crippen molar-refractivity contribution in [2.75, 3.05) is 6.54 Å². The van der Waals surface area contributed by atoms with Gasteiger partial charge in [-0.1, -0.05) is 190 Å². The molecule has 2 N–H and O–H groups in total. The molecule has 0 saturated carbocycles. The zero-order valence-corrected chi connectivity index (χ0v) is 31.2. The van der Waals surface area contributed by atoms with E-state index >= 15 is 0 Å². The molecule has 0 heterocycles. The van der Waals surface area contributed by atoms with Gasteiger partial charge in [0.05, 0.1) is 6.42 Å². The molecule has 0 aromatic heterocycles. The predicted molar refractivity (Wildman–Crippen MR) is 206 cm³/mol. The number of Topliss-reactive ketones (excluding diaryl/α,β-unsaturated/α-hetero) is 1. The Balaban J connectivity index is 1.42. The van der Waals surface area contributed by atoms with Crippen molar-refractivity contribution in [1.29, 1.82) is 0 Å². The van der Waals surface area contributed by atoms with Crippen LogP contribution in [0.1, 0.15) is 194 Å². The Morgan fingerprint density at radius 3 is 1.50 bits per heavy atom. The Morgan fingerprint density at radius 1 is 0.540 bits per heavy atom. The summed E-state index contributed by atoms with van der Waals surface area (Å²) in [6.45, 7) is 2.88. The van der Waals surface area contributed by atoms with Gasteiger partial charge in [0, 0.05) is 35.6 Å². The molecule has 2 aromatic rings. The van der Waals surface area contributed by atoms with Gasteiger partial charge in [0.1, 0.15) is 0 Å². The van der Waals surface area contributed by atoms with Gasteiger partial charge >= 0.3 is 5.97 Å². The molecule has 6 heteroatoms. The van der Waals surface area contributed by atoms with E-state index in [9.17, 15) is 24.3 Å². The molecule has 278 valence electrons. The number of carbonyl (C=O) groups is 4. The summed E-state index contributed by atoms with van der Waals surface area (Å²) in [5, 5.41) is 12.3.